The lowest BCUT2D eigenvalue weighted by molar-refractivity contribution is 0.101. The van der Waals surface area contributed by atoms with E-state index in [0.29, 0.717) is 22.4 Å². The van der Waals surface area contributed by atoms with Gasteiger partial charge in [0.1, 0.15) is 4.88 Å². The van der Waals surface area contributed by atoms with Crippen molar-refractivity contribution in [3.8, 4) is 0 Å². The third-order valence-corrected chi connectivity index (χ3v) is 3.58. The van der Waals surface area contributed by atoms with Gasteiger partial charge in [-0.3, -0.25) is 4.79 Å². The Labute approximate surface area is 112 Å². The van der Waals surface area contributed by atoms with Crippen LogP contribution < -0.4 is 0 Å². The summed E-state index contributed by atoms with van der Waals surface area (Å²) in [6, 6.07) is 6.11. The SMILES string of the molecule is CCc1nnsc1C(=O)c1cc2cccc(F)c2o1. The van der Waals surface area contributed by atoms with E-state index < -0.39 is 5.82 Å². The highest BCUT2D eigenvalue weighted by Gasteiger charge is 2.21. The van der Waals surface area contributed by atoms with Crippen molar-refractivity contribution in [2.24, 2.45) is 0 Å². The summed E-state index contributed by atoms with van der Waals surface area (Å²) in [5.74, 6) is -0.669. The van der Waals surface area contributed by atoms with Crippen LogP contribution >= 0.6 is 11.5 Å². The van der Waals surface area contributed by atoms with Crippen LogP contribution in [0.15, 0.2) is 28.7 Å². The Bertz CT molecular complexity index is 763. The number of fused-ring (bicyclic) bond motifs is 1. The lowest BCUT2D eigenvalue weighted by Crippen LogP contribution is -2.00. The van der Waals surface area contributed by atoms with E-state index in [1.807, 2.05) is 6.92 Å². The first-order chi connectivity index (χ1) is 9.20. The molecule has 0 spiro atoms. The molecule has 1 aromatic carbocycles. The summed E-state index contributed by atoms with van der Waals surface area (Å²) in [6.45, 7) is 1.89. The normalized spacial score (nSPS) is 11.1. The standard InChI is InChI=1S/C13H9FN2O2S/c1-2-9-13(19-16-15-9)11(17)10-6-7-4-3-5-8(14)12(7)18-10/h3-6H,2H2,1H3. The van der Waals surface area contributed by atoms with Crippen molar-refractivity contribution in [1.82, 2.24) is 9.59 Å². The average Bonchev–Trinajstić information content (AvgIpc) is 3.04. The summed E-state index contributed by atoms with van der Waals surface area (Å²) in [5, 5.41) is 4.45. The lowest BCUT2D eigenvalue weighted by Gasteiger charge is -1.94. The number of ketones is 1. The molecule has 0 aliphatic heterocycles. The molecule has 6 heteroatoms. The molecule has 96 valence electrons. The van der Waals surface area contributed by atoms with Crippen LogP contribution in [-0.4, -0.2) is 15.4 Å². The molecule has 0 aliphatic rings. The fourth-order valence-electron chi connectivity index (χ4n) is 1.86. The zero-order valence-electron chi connectivity index (χ0n) is 10.0. The molecule has 0 aliphatic carbocycles. The minimum atomic E-state index is -0.477. The van der Waals surface area contributed by atoms with Gasteiger partial charge in [-0.05, 0) is 30.1 Å². The molecule has 0 bridgehead atoms. The Balaban J connectivity index is 2.09. The number of aryl methyl sites for hydroxylation is 1. The molecule has 0 saturated heterocycles. The number of carbonyl (C=O) groups is 1. The zero-order valence-corrected chi connectivity index (χ0v) is 10.8. The third kappa shape index (κ3) is 1.94. The number of nitrogens with zero attached hydrogens (tertiary/aromatic N) is 2. The Kier molecular flexibility index (Phi) is 2.87. The van der Waals surface area contributed by atoms with Crippen molar-refractivity contribution in [3.63, 3.8) is 0 Å². The van der Waals surface area contributed by atoms with E-state index in [2.05, 4.69) is 9.59 Å². The van der Waals surface area contributed by atoms with E-state index >= 15 is 0 Å². The molecule has 0 saturated carbocycles. The third-order valence-electron chi connectivity index (χ3n) is 2.82. The van der Waals surface area contributed by atoms with Crippen LogP contribution in [0.4, 0.5) is 4.39 Å². The van der Waals surface area contributed by atoms with Crippen LogP contribution in [0.25, 0.3) is 11.0 Å². The van der Waals surface area contributed by atoms with E-state index in [1.165, 1.54) is 6.07 Å². The molecule has 0 unspecified atom stereocenters. The summed E-state index contributed by atoms with van der Waals surface area (Å²) < 4.78 is 22.6. The van der Waals surface area contributed by atoms with Crippen LogP contribution in [0.5, 0.6) is 0 Å². The van der Waals surface area contributed by atoms with Gasteiger partial charge in [0.05, 0.1) is 5.69 Å². The molecule has 3 aromatic rings. The van der Waals surface area contributed by atoms with Crippen molar-refractivity contribution in [1.29, 1.82) is 0 Å². The van der Waals surface area contributed by atoms with E-state index in [1.54, 1.807) is 18.2 Å². The minimum absolute atomic E-state index is 0.0985. The van der Waals surface area contributed by atoms with Crippen molar-refractivity contribution in [2.75, 3.05) is 0 Å². The largest absolute Gasteiger partial charge is 0.449 e. The number of hydrogen-bond donors (Lipinski definition) is 0. The van der Waals surface area contributed by atoms with E-state index in [4.69, 9.17) is 4.42 Å². The van der Waals surface area contributed by atoms with Crippen molar-refractivity contribution >= 4 is 28.3 Å². The second-order valence-electron chi connectivity index (χ2n) is 4.00. The number of carbonyl (C=O) groups excluding carboxylic acids is 1. The molecule has 19 heavy (non-hydrogen) atoms. The monoisotopic (exact) mass is 276 g/mol. The van der Waals surface area contributed by atoms with Crippen LogP contribution in [0.1, 0.15) is 28.0 Å². The summed E-state index contributed by atoms with van der Waals surface area (Å²) in [5.41, 5.74) is 0.734. The van der Waals surface area contributed by atoms with Gasteiger partial charge in [-0.15, -0.1) is 5.10 Å². The van der Waals surface area contributed by atoms with Crippen molar-refractivity contribution in [2.45, 2.75) is 13.3 Å². The number of halogens is 1. The van der Waals surface area contributed by atoms with Gasteiger partial charge in [-0.2, -0.15) is 0 Å². The highest BCUT2D eigenvalue weighted by molar-refractivity contribution is 7.08. The molecule has 0 amide bonds. The fraction of sp³-hybridized carbons (Fsp3) is 0.154. The predicted octanol–water partition coefficient (Wildman–Crippen LogP) is 3.22. The van der Waals surface area contributed by atoms with E-state index in [-0.39, 0.29) is 17.1 Å². The highest BCUT2D eigenvalue weighted by Crippen LogP contribution is 2.25. The van der Waals surface area contributed by atoms with E-state index in [0.717, 1.165) is 11.5 Å². The predicted molar refractivity (Wildman–Crippen MR) is 68.9 cm³/mol. The summed E-state index contributed by atoms with van der Waals surface area (Å²) in [7, 11) is 0. The van der Waals surface area contributed by atoms with Crippen molar-refractivity contribution in [3.05, 3.63) is 46.4 Å². The van der Waals surface area contributed by atoms with Crippen molar-refractivity contribution < 1.29 is 13.6 Å². The van der Waals surface area contributed by atoms with Gasteiger partial charge in [0.2, 0.25) is 5.78 Å². The average molecular weight is 276 g/mol. The maximum Gasteiger partial charge on any atom is 0.241 e. The molecular formula is C13H9FN2O2S. The van der Waals surface area contributed by atoms with Gasteiger partial charge >= 0.3 is 0 Å². The molecule has 0 N–H and O–H groups in total. The first-order valence-electron chi connectivity index (χ1n) is 5.74. The first kappa shape index (κ1) is 12.0. The lowest BCUT2D eigenvalue weighted by atomic mass is 10.2. The van der Waals surface area contributed by atoms with Crippen LogP contribution in [0.2, 0.25) is 0 Å². The molecule has 4 nitrogen and oxygen atoms in total. The van der Waals surface area contributed by atoms with Crippen LogP contribution in [0.3, 0.4) is 0 Å². The fourth-order valence-corrected chi connectivity index (χ4v) is 2.56. The van der Waals surface area contributed by atoms with Gasteiger partial charge in [-0.1, -0.05) is 23.5 Å². The topological polar surface area (TPSA) is 56.0 Å². The van der Waals surface area contributed by atoms with Gasteiger partial charge in [0, 0.05) is 5.39 Å². The maximum absolute atomic E-state index is 13.5. The molecule has 2 heterocycles. The van der Waals surface area contributed by atoms with Crippen LogP contribution in [0, 0.1) is 5.82 Å². The molecule has 2 aromatic heterocycles. The number of aromatic nitrogens is 2. The van der Waals surface area contributed by atoms with Gasteiger partial charge in [0.15, 0.2) is 17.2 Å². The Morgan fingerprint density at radius 3 is 3.05 bits per heavy atom. The van der Waals surface area contributed by atoms with Gasteiger partial charge < -0.3 is 4.42 Å². The number of benzene rings is 1. The molecule has 3 rings (SSSR count). The molecular weight excluding hydrogens is 267 g/mol. The van der Waals surface area contributed by atoms with Crippen LogP contribution in [-0.2, 0) is 6.42 Å². The summed E-state index contributed by atoms with van der Waals surface area (Å²) in [6.07, 6.45) is 0.617. The molecule has 0 atom stereocenters. The quantitative estimate of drug-likeness (QED) is 0.689. The Morgan fingerprint density at radius 2 is 2.32 bits per heavy atom. The van der Waals surface area contributed by atoms with Gasteiger partial charge in [0.25, 0.3) is 0 Å². The number of furan rings is 1. The second kappa shape index (κ2) is 4.55. The minimum Gasteiger partial charge on any atom is -0.449 e. The zero-order chi connectivity index (χ0) is 13.4. The number of hydrogen-bond acceptors (Lipinski definition) is 5. The van der Waals surface area contributed by atoms with E-state index in [9.17, 15) is 9.18 Å². The summed E-state index contributed by atoms with van der Waals surface area (Å²) >= 11 is 1.03. The number of para-hydroxylation sites is 1. The number of rotatable bonds is 3. The summed E-state index contributed by atoms with van der Waals surface area (Å²) in [4.78, 5) is 12.7. The highest BCUT2D eigenvalue weighted by atomic mass is 32.1. The Hall–Kier alpha value is -2.08. The molecule has 0 radical (unpaired) electrons. The van der Waals surface area contributed by atoms with Gasteiger partial charge in [-0.25, -0.2) is 4.39 Å². The second-order valence-corrected chi connectivity index (χ2v) is 4.75. The smallest absolute Gasteiger partial charge is 0.241 e. The first-order valence-corrected chi connectivity index (χ1v) is 6.52. The molecule has 0 fully saturated rings. The maximum atomic E-state index is 13.5. The Morgan fingerprint density at radius 1 is 1.47 bits per heavy atom.